The third-order valence-electron chi connectivity index (χ3n) is 2.60. The lowest BCUT2D eigenvalue weighted by molar-refractivity contribution is 0.100. The summed E-state index contributed by atoms with van der Waals surface area (Å²) >= 11 is 5.87. The van der Waals surface area contributed by atoms with Gasteiger partial charge in [0.25, 0.3) is 10.0 Å². The summed E-state index contributed by atoms with van der Waals surface area (Å²) in [7, 11) is -4.03. The van der Waals surface area contributed by atoms with E-state index in [0.717, 1.165) is 12.1 Å². The van der Waals surface area contributed by atoms with Crippen molar-refractivity contribution in [2.24, 2.45) is 5.73 Å². The van der Waals surface area contributed by atoms with Gasteiger partial charge in [-0.15, -0.1) is 0 Å². The predicted molar refractivity (Wildman–Crippen MR) is 77.2 cm³/mol. The summed E-state index contributed by atoms with van der Waals surface area (Å²) in [5.74, 6) is -1.41. The van der Waals surface area contributed by atoms with Crippen molar-refractivity contribution in [2.75, 3.05) is 4.72 Å². The topological polar surface area (TPSA) is 89.3 Å². The highest BCUT2D eigenvalue weighted by molar-refractivity contribution is 7.92. The van der Waals surface area contributed by atoms with Crippen LogP contribution in [0.2, 0.25) is 5.02 Å². The molecule has 2 rings (SSSR count). The van der Waals surface area contributed by atoms with Gasteiger partial charge >= 0.3 is 0 Å². The van der Waals surface area contributed by atoms with E-state index < -0.39 is 21.7 Å². The molecule has 0 fully saturated rings. The summed E-state index contributed by atoms with van der Waals surface area (Å²) in [4.78, 5) is 10.8. The molecule has 21 heavy (non-hydrogen) atoms. The minimum Gasteiger partial charge on any atom is -0.366 e. The number of anilines is 1. The Morgan fingerprint density at radius 3 is 2.52 bits per heavy atom. The van der Waals surface area contributed by atoms with E-state index in [4.69, 9.17) is 17.3 Å². The van der Waals surface area contributed by atoms with E-state index in [-0.39, 0.29) is 21.2 Å². The Balaban J connectivity index is 2.41. The third-order valence-corrected chi connectivity index (χ3v) is 4.29. The van der Waals surface area contributed by atoms with Crippen molar-refractivity contribution >= 4 is 33.2 Å². The predicted octanol–water partition coefficient (Wildman–Crippen LogP) is 2.38. The number of rotatable bonds is 4. The number of nitrogens with one attached hydrogen (secondary N) is 1. The van der Waals surface area contributed by atoms with Gasteiger partial charge < -0.3 is 5.73 Å². The first-order valence-corrected chi connectivity index (χ1v) is 7.53. The number of nitrogens with two attached hydrogens (primary N) is 1. The van der Waals surface area contributed by atoms with Crippen molar-refractivity contribution in [3.05, 3.63) is 58.9 Å². The molecule has 0 aliphatic rings. The summed E-state index contributed by atoms with van der Waals surface area (Å²) in [6.45, 7) is 0. The second-order valence-corrected chi connectivity index (χ2v) is 6.21. The number of amides is 1. The fourth-order valence-electron chi connectivity index (χ4n) is 1.59. The number of halogens is 2. The van der Waals surface area contributed by atoms with Gasteiger partial charge in [0.05, 0.1) is 15.6 Å². The molecule has 1 amide bonds. The van der Waals surface area contributed by atoms with Gasteiger partial charge in [0.1, 0.15) is 5.82 Å². The first-order chi connectivity index (χ1) is 9.79. The Morgan fingerprint density at radius 1 is 1.19 bits per heavy atom. The van der Waals surface area contributed by atoms with Crippen LogP contribution in [0.15, 0.2) is 47.4 Å². The zero-order valence-electron chi connectivity index (χ0n) is 10.5. The lowest BCUT2D eigenvalue weighted by Gasteiger charge is -2.10. The maximum atomic E-state index is 13.1. The van der Waals surface area contributed by atoms with Crippen LogP contribution in [0.4, 0.5) is 10.1 Å². The molecule has 0 bridgehead atoms. The average molecular weight is 329 g/mol. The Kier molecular flexibility index (Phi) is 4.15. The van der Waals surface area contributed by atoms with Gasteiger partial charge in [-0.1, -0.05) is 17.7 Å². The second-order valence-electron chi connectivity index (χ2n) is 4.12. The lowest BCUT2D eigenvalue weighted by atomic mass is 10.2. The number of hydrogen-bond acceptors (Lipinski definition) is 3. The monoisotopic (exact) mass is 328 g/mol. The Morgan fingerprint density at radius 2 is 1.90 bits per heavy atom. The fraction of sp³-hybridized carbons (Fsp3) is 0. The van der Waals surface area contributed by atoms with Crippen LogP contribution in [0.1, 0.15) is 10.4 Å². The molecule has 0 heterocycles. The van der Waals surface area contributed by atoms with Crippen LogP contribution < -0.4 is 10.5 Å². The smallest absolute Gasteiger partial charge is 0.262 e. The van der Waals surface area contributed by atoms with Gasteiger partial charge in [0, 0.05) is 5.56 Å². The molecule has 0 atom stereocenters. The van der Waals surface area contributed by atoms with Crippen molar-refractivity contribution in [3.8, 4) is 0 Å². The van der Waals surface area contributed by atoms with Gasteiger partial charge in [0.2, 0.25) is 5.91 Å². The molecular weight excluding hydrogens is 319 g/mol. The van der Waals surface area contributed by atoms with E-state index in [0.29, 0.717) is 0 Å². The van der Waals surface area contributed by atoms with Gasteiger partial charge in [-0.3, -0.25) is 9.52 Å². The van der Waals surface area contributed by atoms with Crippen LogP contribution in [0.5, 0.6) is 0 Å². The molecule has 110 valence electrons. The molecule has 0 saturated heterocycles. The molecule has 0 unspecified atom stereocenters. The molecular formula is C13H10ClFN2O3S. The lowest BCUT2D eigenvalue weighted by Crippen LogP contribution is -2.15. The number of hydrogen-bond donors (Lipinski definition) is 2. The zero-order chi connectivity index (χ0) is 15.6. The second kappa shape index (κ2) is 5.71. The van der Waals surface area contributed by atoms with E-state index in [9.17, 15) is 17.6 Å². The summed E-state index contributed by atoms with van der Waals surface area (Å²) in [6.07, 6.45) is 0. The van der Waals surface area contributed by atoms with Crippen LogP contribution in [-0.4, -0.2) is 14.3 Å². The molecule has 2 aromatic carbocycles. The van der Waals surface area contributed by atoms with Crippen molar-refractivity contribution < 1.29 is 17.6 Å². The van der Waals surface area contributed by atoms with Gasteiger partial charge in [0.15, 0.2) is 0 Å². The molecule has 0 saturated carbocycles. The Labute approximate surface area is 125 Å². The molecule has 0 aliphatic carbocycles. The normalized spacial score (nSPS) is 11.1. The fourth-order valence-corrected chi connectivity index (χ4v) is 2.92. The largest absolute Gasteiger partial charge is 0.366 e. The zero-order valence-corrected chi connectivity index (χ0v) is 12.1. The van der Waals surface area contributed by atoms with E-state index in [1.54, 1.807) is 0 Å². The van der Waals surface area contributed by atoms with Crippen LogP contribution in [0, 0.1) is 5.82 Å². The van der Waals surface area contributed by atoms with Crippen molar-refractivity contribution in [2.45, 2.75) is 4.90 Å². The van der Waals surface area contributed by atoms with Crippen LogP contribution in [-0.2, 0) is 10.0 Å². The van der Waals surface area contributed by atoms with Crippen molar-refractivity contribution in [1.82, 2.24) is 0 Å². The number of primary amides is 1. The summed E-state index contributed by atoms with van der Waals surface area (Å²) in [6, 6.07) is 8.41. The first kappa shape index (κ1) is 15.3. The highest BCUT2D eigenvalue weighted by Gasteiger charge is 2.17. The molecule has 3 N–H and O–H groups in total. The standard InChI is InChI=1S/C13H10ClFN2O3S/c14-11-5-4-8(13(16)18)6-12(11)17-21(19,20)10-3-1-2-9(15)7-10/h1-7,17H,(H2,16,18). The van der Waals surface area contributed by atoms with E-state index in [1.807, 2.05) is 0 Å². The molecule has 8 heteroatoms. The van der Waals surface area contributed by atoms with Gasteiger partial charge in [-0.25, -0.2) is 12.8 Å². The Hall–Kier alpha value is -2.12. The molecule has 2 aromatic rings. The summed E-state index contributed by atoms with van der Waals surface area (Å²) in [5.41, 5.74) is 5.20. The molecule has 5 nitrogen and oxygen atoms in total. The highest BCUT2D eigenvalue weighted by atomic mass is 35.5. The Bertz CT molecular complexity index is 809. The minimum absolute atomic E-state index is 0.0165. The van der Waals surface area contributed by atoms with Crippen LogP contribution >= 0.6 is 11.6 Å². The van der Waals surface area contributed by atoms with Crippen molar-refractivity contribution in [3.63, 3.8) is 0 Å². The minimum atomic E-state index is -4.03. The molecule has 0 radical (unpaired) electrons. The molecule has 0 aromatic heterocycles. The maximum absolute atomic E-state index is 13.1. The molecule has 0 spiro atoms. The van der Waals surface area contributed by atoms with Crippen molar-refractivity contribution in [1.29, 1.82) is 0 Å². The first-order valence-electron chi connectivity index (χ1n) is 5.67. The number of sulfonamides is 1. The number of carbonyl (C=O) groups is 1. The summed E-state index contributed by atoms with van der Waals surface area (Å²) in [5, 5.41) is 0.0833. The van der Waals surface area contributed by atoms with E-state index >= 15 is 0 Å². The van der Waals surface area contributed by atoms with Crippen LogP contribution in [0.25, 0.3) is 0 Å². The quantitative estimate of drug-likeness (QED) is 0.903. The maximum Gasteiger partial charge on any atom is 0.262 e. The number of carbonyl (C=O) groups excluding carboxylic acids is 1. The van der Waals surface area contributed by atoms with Gasteiger partial charge in [-0.2, -0.15) is 0 Å². The van der Waals surface area contributed by atoms with Crippen LogP contribution in [0.3, 0.4) is 0 Å². The average Bonchev–Trinajstić information content (AvgIpc) is 2.41. The third kappa shape index (κ3) is 3.50. The van der Waals surface area contributed by atoms with Gasteiger partial charge in [-0.05, 0) is 36.4 Å². The summed E-state index contributed by atoms with van der Waals surface area (Å²) < 4.78 is 39.6. The molecule has 0 aliphatic heterocycles. The SMILES string of the molecule is NC(=O)c1ccc(Cl)c(NS(=O)(=O)c2cccc(F)c2)c1. The highest BCUT2D eigenvalue weighted by Crippen LogP contribution is 2.26. The van der Waals surface area contributed by atoms with E-state index in [1.165, 1.54) is 30.3 Å². The van der Waals surface area contributed by atoms with E-state index in [2.05, 4.69) is 4.72 Å². The number of benzene rings is 2.